The Balaban J connectivity index is 1.19. The molecule has 3 heterocycles. The van der Waals surface area contributed by atoms with Crippen molar-refractivity contribution in [3.8, 4) is 11.4 Å². The van der Waals surface area contributed by atoms with Crippen molar-refractivity contribution in [2.75, 3.05) is 26.2 Å². The van der Waals surface area contributed by atoms with Crippen LogP contribution in [0.15, 0.2) is 63.8 Å². The average molecular weight is 391 g/mol. The number of hydrogen-bond acceptors (Lipinski definition) is 6. The van der Waals surface area contributed by atoms with Crippen LogP contribution in [-0.2, 0) is 13.1 Å². The van der Waals surface area contributed by atoms with E-state index in [9.17, 15) is 0 Å². The van der Waals surface area contributed by atoms with E-state index < -0.39 is 0 Å². The minimum absolute atomic E-state index is 0.686. The third-order valence-electron chi connectivity index (χ3n) is 5.35. The number of rotatable bonds is 5. The van der Waals surface area contributed by atoms with Gasteiger partial charge in [-0.2, -0.15) is 16.3 Å². The number of fused-ring (bicyclic) bond motifs is 1. The van der Waals surface area contributed by atoms with Crippen LogP contribution in [0.4, 0.5) is 0 Å². The zero-order chi connectivity index (χ0) is 18.8. The topological polar surface area (TPSA) is 45.4 Å². The predicted molar refractivity (Wildman–Crippen MR) is 112 cm³/mol. The SMILES string of the molecule is c1ccc2c(CN3CCN(Cc4nc(-c5ccsc5)no4)CC3)cccc2c1. The lowest BCUT2D eigenvalue weighted by Crippen LogP contribution is -2.45. The summed E-state index contributed by atoms with van der Waals surface area (Å²) < 4.78 is 5.45. The summed E-state index contributed by atoms with van der Waals surface area (Å²) in [7, 11) is 0. The van der Waals surface area contributed by atoms with E-state index in [-0.39, 0.29) is 0 Å². The van der Waals surface area contributed by atoms with Crippen LogP contribution < -0.4 is 0 Å². The van der Waals surface area contributed by atoms with Gasteiger partial charge >= 0.3 is 0 Å². The second-order valence-corrected chi connectivity index (χ2v) is 7.99. The summed E-state index contributed by atoms with van der Waals surface area (Å²) in [5.74, 6) is 1.38. The van der Waals surface area contributed by atoms with Gasteiger partial charge in [0.05, 0.1) is 6.54 Å². The zero-order valence-electron chi connectivity index (χ0n) is 15.6. The highest BCUT2D eigenvalue weighted by atomic mass is 32.1. The third-order valence-corrected chi connectivity index (χ3v) is 6.03. The van der Waals surface area contributed by atoms with Gasteiger partial charge in [-0.05, 0) is 27.8 Å². The van der Waals surface area contributed by atoms with Gasteiger partial charge in [0.2, 0.25) is 11.7 Å². The molecule has 0 N–H and O–H groups in total. The van der Waals surface area contributed by atoms with E-state index in [1.54, 1.807) is 11.3 Å². The van der Waals surface area contributed by atoms with Crippen LogP contribution in [0.25, 0.3) is 22.2 Å². The van der Waals surface area contributed by atoms with Gasteiger partial charge in [-0.25, -0.2) is 0 Å². The van der Waals surface area contributed by atoms with Crippen molar-refractivity contribution in [3.05, 3.63) is 70.7 Å². The fourth-order valence-electron chi connectivity index (χ4n) is 3.80. The number of hydrogen-bond donors (Lipinski definition) is 0. The summed E-state index contributed by atoms with van der Waals surface area (Å²) in [5.41, 5.74) is 2.43. The van der Waals surface area contributed by atoms with E-state index in [0.29, 0.717) is 11.7 Å². The molecule has 5 rings (SSSR count). The number of nitrogens with zero attached hydrogens (tertiary/aromatic N) is 4. The Morgan fingerprint density at radius 3 is 2.50 bits per heavy atom. The van der Waals surface area contributed by atoms with E-state index in [4.69, 9.17) is 4.52 Å². The van der Waals surface area contributed by atoms with Crippen LogP contribution in [0.5, 0.6) is 0 Å². The standard InChI is InChI=1S/C22H22N4OS/c1-2-7-20-17(4-1)5-3-6-18(20)14-25-9-11-26(12-10-25)15-21-23-22(24-27-21)19-8-13-28-16-19/h1-8,13,16H,9-12,14-15H2. The maximum absolute atomic E-state index is 5.45. The van der Waals surface area contributed by atoms with Crippen molar-refractivity contribution in [2.45, 2.75) is 13.1 Å². The van der Waals surface area contributed by atoms with Gasteiger partial charge in [-0.15, -0.1) is 0 Å². The minimum atomic E-state index is 0.686. The lowest BCUT2D eigenvalue weighted by molar-refractivity contribution is 0.112. The molecule has 1 aliphatic rings. The molecule has 0 unspecified atom stereocenters. The fraction of sp³-hybridized carbons (Fsp3) is 0.273. The highest BCUT2D eigenvalue weighted by Crippen LogP contribution is 2.22. The van der Waals surface area contributed by atoms with E-state index >= 15 is 0 Å². The molecule has 0 aliphatic carbocycles. The monoisotopic (exact) mass is 390 g/mol. The summed E-state index contributed by atoms with van der Waals surface area (Å²) >= 11 is 1.64. The second-order valence-electron chi connectivity index (χ2n) is 7.21. The largest absolute Gasteiger partial charge is 0.338 e. The Labute approximate surface area is 168 Å². The van der Waals surface area contributed by atoms with Crippen LogP contribution in [-0.4, -0.2) is 46.1 Å². The highest BCUT2D eigenvalue weighted by molar-refractivity contribution is 7.08. The molecule has 1 fully saturated rings. The van der Waals surface area contributed by atoms with E-state index in [1.807, 2.05) is 16.8 Å². The smallest absolute Gasteiger partial charge is 0.241 e. The van der Waals surface area contributed by atoms with Crippen LogP contribution in [0.2, 0.25) is 0 Å². The van der Waals surface area contributed by atoms with Crippen molar-refractivity contribution < 1.29 is 4.52 Å². The number of piperazine rings is 1. The molecule has 5 nitrogen and oxygen atoms in total. The fourth-order valence-corrected chi connectivity index (χ4v) is 4.43. The maximum Gasteiger partial charge on any atom is 0.241 e. The maximum atomic E-state index is 5.45. The number of benzene rings is 2. The van der Waals surface area contributed by atoms with E-state index in [1.165, 1.54) is 16.3 Å². The normalized spacial score (nSPS) is 16.0. The molecule has 1 aliphatic heterocycles. The highest BCUT2D eigenvalue weighted by Gasteiger charge is 2.20. The molecule has 1 saturated heterocycles. The molecule has 142 valence electrons. The number of thiophene rings is 1. The van der Waals surface area contributed by atoms with Gasteiger partial charge < -0.3 is 4.52 Å². The van der Waals surface area contributed by atoms with Crippen molar-refractivity contribution in [2.24, 2.45) is 0 Å². The minimum Gasteiger partial charge on any atom is -0.338 e. The predicted octanol–water partition coefficient (Wildman–Crippen LogP) is 4.27. The molecular weight excluding hydrogens is 368 g/mol. The molecule has 0 atom stereocenters. The van der Waals surface area contributed by atoms with Crippen molar-refractivity contribution in [1.82, 2.24) is 19.9 Å². The quantitative estimate of drug-likeness (QED) is 0.509. The van der Waals surface area contributed by atoms with Gasteiger partial charge in [0.25, 0.3) is 0 Å². The summed E-state index contributed by atoms with van der Waals surface area (Å²) in [5, 5.41) is 10.9. The first-order chi connectivity index (χ1) is 13.8. The molecular formula is C22H22N4OS. The van der Waals surface area contributed by atoms with E-state index in [2.05, 4.69) is 62.4 Å². The van der Waals surface area contributed by atoms with Gasteiger partial charge in [0.15, 0.2) is 0 Å². The molecule has 0 amide bonds. The molecule has 0 spiro atoms. The van der Waals surface area contributed by atoms with Crippen molar-refractivity contribution in [3.63, 3.8) is 0 Å². The molecule has 6 heteroatoms. The first-order valence-electron chi connectivity index (χ1n) is 9.62. The van der Waals surface area contributed by atoms with Crippen molar-refractivity contribution >= 4 is 22.1 Å². The summed E-state index contributed by atoms with van der Waals surface area (Å²) in [4.78, 5) is 9.47. The molecule has 0 saturated carbocycles. The van der Waals surface area contributed by atoms with Crippen LogP contribution in [0.3, 0.4) is 0 Å². The Morgan fingerprint density at radius 2 is 1.68 bits per heavy atom. The Morgan fingerprint density at radius 1 is 0.893 bits per heavy atom. The van der Waals surface area contributed by atoms with E-state index in [0.717, 1.165) is 44.8 Å². The van der Waals surface area contributed by atoms with Gasteiger partial charge in [0.1, 0.15) is 0 Å². The number of aromatic nitrogens is 2. The third kappa shape index (κ3) is 3.71. The zero-order valence-corrected chi connectivity index (χ0v) is 16.4. The first kappa shape index (κ1) is 17.6. The summed E-state index contributed by atoms with van der Waals surface area (Å²) in [6, 6.07) is 17.3. The Kier molecular flexibility index (Phi) is 4.91. The molecule has 2 aromatic carbocycles. The van der Waals surface area contributed by atoms with Gasteiger partial charge in [-0.1, -0.05) is 47.6 Å². The average Bonchev–Trinajstić information content (AvgIpc) is 3.42. The molecule has 4 aromatic rings. The van der Waals surface area contributed by atoms with Gasteiger partial charge in [-0.3, -0.25) is 9.80 Å². The second kappa shape index (κ2) is 7.83. The summed E-state index contributed by atoms with van der Waals surface area (Å²) in [6.45, 7) is 5.85. The van der Waals surface area contributed by atoms with Crippen LogP contribution in [0, 0.1) is 0 Å². The first-order valence-corrected chi connectivity index (χ1v) is 10.6. The Bertz CT molecular complexity index is 1050. The van der Waals surface area contributed by atoms with Crippen molar-refractivity contribution in [1.29, 1.82) is 0 Å². The molecule has 0 bridgehead atoms. The Hall–Kier alpha value is -2.54. The molecule has 28 heavy (non-hydrogen) atoms. The summed E-state index contributed by atoms with van der Waals surface area (Å²) in [6.07, 6.45) is 0. The molecule has 0 radical (unpaired) electrons. The lowest BCUT2D eigenvalue weighted by Gasteiger charge is -2.34. The van der Waals surface area contributed by atoms with Crippen LogP contribution in [0.1, 0.15) is 11.5 Å². The van der Waals surface area contributed by atoms with Crippen LogP contribution >= 0.6 is 11.3 Å². The molecule has 2 aromatic heterocycles. The lowest BCUT2D eigenvalue weighted by atomic mass is 10.0. The van der Waals surface area contributed by atoms with Gasteiger partial charge in [0, 0.05) is 43.7 Å².